The lowest BCUT2D eigenvalue weighted by Gasteiger charge is -2.17. The number of benzene rings is 1. The van der Waals surface area contributed by atoms with Crippen LogP contribution in [-0.2, 0) is 9.53 Å². The Morgan fingerprint density at radius 3 is 2.72 bits per heavy atom. The molecule has 1 N–H and O–H groups in total. The molecular weight excluding hydrogens is 226 g/mol. The topological polar surface area (TPSA) is 38.3 Å². The van der Waals surface area contributed by atoms with E-state index in [1.807, 2.05) is 13.0 Å². The molecule has 1 fully saturated rings. The van der Waals surface area contributed by atoms with E-state index < -0.39 is 0 Å². The number of carbonyl (C=O) groups is 1. The summed E-state index contributed by atoms with van der Waals surface area (Å²) in [6.07, 6.45) is 2.14. The Bertz CT molecular complexity index is 404. The van der Waals surface area contributed by atoms with Crippen LogP contribution < -0.4 is 5.32 Å². The SMILES string of the molecule is CCOC(=O)CNC1(CC)CC1c1ccccc1. The number of rotatable bonds is 6. The summed E-state index contributed by atoms with van der Waals surface area (Å²) in [5.74, 6) is 0.363. The van der Waals surface area contributed by atoms with Crippen molar-refractivity contribution in [2.24, 2.45) is 0 Å². The van der Waals surface area contributed by atoms with Crippen LogP contribution in [0, 0.1) is 0 Å². The molecule has 0 bridgehead atoms. The van der Waals surface area contributed by atoms with E-state index in [4.69, 9.17) is 4.74 Å². The predicted molar refractivity (Wildman–Crippen MR) is 71.5 cm³/mol. The predicted octanol–water partition coefficient (Wildman–Crippen LogP) is 2.48. The van der Waals surface area contributed by atoms with E-state index in [0.29, 0.717) is 19.1 Å². The molecule has 0 aromatic heterocycles. The summed E-state index contributed by atoms with van der Waals surface area (Å²) < 4.78 is 4.95. The van der Waals surface area contributed by atoms with E-state index in [0.717, 1.165) is 12.8 Å². The lowest BCUT2D eigenvalue weighted by Crippen LogP contribution is -2.37. The molecule has 3 nitrogen and oxygen atoms in total. The van der Waals surface area contributed by atoms with Crippen LogP contribution in [0.15, 0.2) is 30.3 Å². The third-order valence-corrected chi connectivity index (χ3v) is 3.80. The van der Waals surface area contributed by atoms with Crippen molar-refractivity contribution in [3.05, 3.63) is 35.9 Å². The van der Waals surface area contributed by atoms with Crippen LogP contribution in [-0.4, -0.2) is 24.7 Å². The van der Waals surface area contributed by atoms with Crippen LogP contribution in [0.4, 0.5) is 0 Å². The summed E-state index contributed by atoms with van der Waals surface area (Å²) in [5, 5.41) is 3.38. The van der Waals surface area contributed by atoms with Gasteiger partial charge in [-0.3, -0.25) is 4.79 Å². The van der Waals surface area contributed by atoms with Crippen molar-refractivity contribution < 1.29 is 9.53 Å². The molecule has 1 aromatic carbocycles. The fourth-order valence-electron chi connectivity index (χ4n) is 2.60. The number of hydrogen-bond acceptors (Lipinski definition) is 3. The van der Waals surface area contributed by atoms with Crippen molar-refractivity contribution in [2.45, 2.75) is 38.1 Å². The average molecular weight is 247 g/mol. The summed E-state index contributed by atoms with van der Waals surface area (Å²) in [4.78, 5) is 11.4. The van der Waals surface area contributed by atoms with Crippen LogP contribution in [0.5, 0.6) is 0 Å². The average Bonchev–Trinajstić information content (AvgIpc) is 3.13. The molecular formula is C15H21NO2. The van der Waals surface area contributed by atoms with Crippen molar-refractivity contribution in [3.63, 3.8) is 0 Å². The Kier molecular flexibility index (Phi) is 4.02. The molecule has 2 rings (SSSR count). The Hall–Kier alpha value is -1.35. The van der Waals surface area contributed by atoms with E-state index in [9.17, 15) is 4.79 Å². The molecule has 0 radical (unpaired) electrons. The standard InChI is InChI=1S/C15H21NO2/c1-3-15(16-11-14(17)18-4-2)10-13(15)12-8-6-5-7-9-12/h5-9,13,16H,3-4,10-11H2,1-2H3. The van der Waals surface area contributed by atoms with Gasteiger partial charge in [0.15, 0.2) is 0 Å². The van der Waals surface area contributed by atoms with Gasteiger partial charge in [0.2, 0.25) is 0 Å². The first-order chi connectivity index (χ1) is 8.72. The zero-order valence-electron chi connectivity index (χ0n) is 11.1. The summed E-state index contributed by atoms with van der Waals surface area (Å²) >= 11 is 0. The summed E-state index contributed by atoms with van der Waals surface area (Å²) in [6, 6.07) is 10.5. The fraction of sp³-hybridized carbons (Fsp3) is 0.533. The third-order valence-electron chi connectivity index (χ3n) is 3.80. The first-order valence-corrected chi connectivity index (χ1v) is 6.67. The first-order valence-electron chi connectivity index (χ1n) is 6.67. The van der Waals surface area contributed by atoms with Gasteiger partial charge in [-0.1, -0.05) is 37.3 Å². The molecule has 1 saturated carbocycles. The van der Waals surface area contributed by atoms with Crippen LogP contribution in [0.2, 0.25) is 0 Å². The molecule has 0 amide bonds. The van der Waals surface area contributed by atoms with Crippen molar-refractivity contribution in [2.75, 3.05) is 13.2 Å². The molecule has 2 atom stereocenters. The zero-order chi connectivity index (χ0) is 13.0. The van der Waals surface area contributed by atoms with Crippen molar-refractivity contribution in [1.82, 2.24) is 5.32 Å². The number of nitrogens with one attached hydrogen (secondary N) is 1. The van der Waals surface area contributed by atoms with Gasteiger partial charge in [-0.25, -0.2) is 0 Å². The Balaban J connectivity index is 1.93. The molecule has 3 heteroatoms. The number of carbonyl (C=O) groups excluding carboxylic acids is 1. The van der Waals surface area contributed by atoms with Gasteiger partial charge in [0.25, 0.3) is 0 Å². The van der Waals surface area contributed by atoms with Gasteiger partial charge in [0.1, 0.15) is 0 Å². The van der Waals surface area contributed by atoms with Gasteiger partial charge in [0.05, 0.1) is 13.2 Å². The highest BCUT2D eigenvalue weighted by atomic mass is 16.5. The van der Waals surface area contributed by atoms with E-state index in [1.54, 1.807) is 0 Å². The van der Waals surface area contributed by atoms with E-state index in [1.165, 1.54) is 5.56 Å². The Morgan fingerprint density at radius 2 is 2.11 bits per heavy atom. The molecule has 2 unspecified atom stereocenters. The molecule has 1 aromatic rings. The van der Waals surface area contributed by atoms with E-state index >= 15 is 0 Å². The minimum Gasteiger partial charge on any atom is -0.465 e. The van der Waals surface area contributed by atoms with Gasteiger partial charge < -0.3 is 10.1 Å². The second-order valence-corrected chi connectivity index (χ2v) is 4.84. The highest BCUT2D eigenvalue weighted by molar-refractivity contribution is 5.71. The van der Waals surface area contributed by atoms with Gasteiger partial charge in [-0.2, -0.15) is 0 Å². The molecule has 18 heavy (non-hydrogen) atoms. The molecule has 0 spiro atoms. The smallest absolute Gasteiger partial charge is 0.319 e. The maximum absolute atomic E-state index is 11.4. The van der Waals surface area contributed by atoms with Crippen molar-refractivity contribution in [3.8, 4) is 0 Å². The summed E-state index contributed by atoms with van der Waals surface area (Å²) in [5.41, 5.74) is 1.45. The second-order valence-electron chi connectivity index (χ2n) is 4.84. The lowest BCUT2D eigenvalue weighted by molar-refractivity contribution is -0.142. The monoisotopic (exact) mass is 247 g/mol. The van der Waals surface area contributed by atoms with Gasteiger partial charge >= 0.3 is 5.97 Å². The van der Waals surface area contributed by atoms with Crippen LogP contribution in [0.25, 0.3) is 0 Å². The molecule has 0 aliphatic heterocycles. The molecule has 1 aliphatic carbocycles. The maximum atomic E-state index is 11.4. The number of esters is 1. The molecule has 1 aliphatic rings. The summed E-state index contributed by atoms with van der Waals surface area (Å²) in [6.45, 7) is 4.76. The lowest BCUT2D eigenvalue weighted by atomic mass is 10.0. The highest BCUT2D eigenvalue weighted by Crippen LogP contribution is 2.53. The first kappa shape index (κ1) is 13.1. The normalized spacial score (nSPS) is 25.8. The number of ether oxygens (including phenoxy) is 1. The van der Waals surface area contributed by atoms with Gasteiger partial charge in [-0.05, 0) is 25.3 Å². The maximum Gasteiger partial charge on any atom is 0.319 e. The molecule has 0 saturated heterocycles. The molecule has 98 valence electrons. The Labute approximate surface area is 109 Å². The zero-order valence-corrected chi connectivity index (χ0v) is 11.1. The van der Waals surface area contributed by atoms with Crippen LogP contribution in [0.1, 0.15) is 38.2 Å². The van der Waals surface area contributed by atoms with E-state index in [-0.39, 0.29) is 11.5 Å². The Morgan fingerprint density at radius 1 is 1.39 bits per heavy atom. The quantitative estimate of drug-likeness (QED) is 0.785. The minimum absolute atomic E-state index is 0.0914. The van der Waals surface area contributed by atoms with E-state index in [2.05, 4.69) is 36.5 Å². The second kappa shape index (κ2) is 5.53. The van der Waals surface area contributed by atoms with Gasteiger partial charge in [0, 0.05) is 11.5 Å². The highest BCUT2D eigenvalue weighted by Gasteiger charge is 2.53. The largest absolute Gasteiger partial charge is 0.465 e. The minimum atomic E-state index is -0.163. The van der Waals surface area contributed by atoms with Gasteiger partial charge in [-0.15, -0.1) is 0 Å². The number of hydrogen-bond donors (Lipinski definition) is 1. The van der Waals surface area contributed by atoms with Crippen LogP contribution in [0.3, 0.4) is 0 Å². The third kappa shape index (κ3) is 2.72. The van der Waals surface area contributed by atoms with Crippen LogP contribution >= 0.6 is 0 Å². The summed E-state index contributed by atoms with van der Waals surface area (Å²) in [7, 11) is 0. The van der Waals surface area contributed by atoms with Crippen molar-refractivity contribution >= 4 is 5.97 Å². The fourth-order valence-corrected chi connectivity index (χ4v) is 2.60. The van der Waals surface area contributed by atoms with Crippen molar-refractivity contribution in [1.29, 1.82) is 0 Å². The molecule has 0 heterocycles.